The van der Waals surface area contributed by atoms with Gasteiger partial charge in [-0.15, -0.1) is 0 Å². The summed E-state index contributed by atoms with van der Waals surface area (Å²) in [6.07, 6.45) is 0. The Hall–Kier alpha value is -2.81. The Balaban J connectivity index is 2.30. The maximum absolute atomic E-state index is 10.4. The van der Waals surface area contributed by atoms with Gasteiger partial charge in [0.05, 0.1) is 45.0 Å². The number of rotatable bonds is 7. The second-order valence-electron chi connectivity index (χ2n) is 6.94. The standard InChI is InChI=1S/C20H24N4O4/c1-6-27-20(28-7-2)19(12-22)17(3,18(19,11-21)16(23)24-20)13-8-9-14(25-4)15(10-13)26-5/h8-10H,6-7H2,1-5H3,(H2,23,24)/p+1/t17-,18+,19-/m1/s1. The third-order valence-corrected chi connectivity index (χ3v) is 6.19. The molecule has 0 bridgehead atoms. The number of nitriles is 2. The van der Waals surface area contributed by atoms with Crippen molar-refractivity contribution < 1.29 is 23.9 Å². The maximum Gasteiger partial charge on any atom is 0.343 e. The highest BCUT2D eigenvalue weighted by Crippen LogP contribution is 2.82. The molecular formula is C20H25N4O4+. The smallest absolute Gasteiger partial charge is 0.343 e. The molecule has 3 N–H and O–H groups in total. The van der Waals surface area contributed by atoms with Crippen LogP contribution in [0.4, 0.5) is 0 Å². The fourth-order valence-electron chi connectivity index (χ4n) is 4.97. The van der Waals surface area contributed by atoms with Gasteiger partial charge in [-0.2, -0.15) is 10.5 Å². The zero-order chi connectivity index (χ0) is 20.8. The van der Waals surface area contributed by atoms with Gasteiger partial charge < -0.3 is 18.9 Å². The van der Waals surface area contributed by atoms with Gasteiger partial charge in [-0.05, 0) is 31.5 Å². The highest BCUT2D eigenvalue weighted by atomic mass is 16.7. The maximum atomic E-state index is 10.4. The molecule has 1 aromatic carbocycles. The molecule has 1 fully saturated rings. The third kappa shape index (κ3) is 1.82. The highest BCUT2D eigenvalue weighted by Gasteiger charge is 3.03. The Morgan fingerprint density at radius 2 is 1.64 bits per heavy atom. The van der Waals surface area contributed by atoms with Gasteiger partial charge in [-0.3, -0.25) is 5.73 Å². The predicted octanol–water partition coefficient (Wildman–Crippen LogP) is 0.173. The molecule has 1 saturated carbocycles. The molecule has 0 amide bonds. The van der Waals surface area contributed by atoms with Crippen LogP contribution in [0.15, 0.2) is 18.2 Å². The SMILES string of the molecule is CCOC1(OCC)[NH+]=C(N)[C@@]2(C#N)[C@@](C)(c3ccc(OC)c(OC)c3)[C@@]12C#N. The number of amidine groups is 1. The quantitative estimate of drug-likeness (QED) is 0.641. The summed E-state index contributed by atoms with van der Waals surface area (Å²) in [5.41, 5.74) is 3.30. The number of hydrogen-bond acceptors (Lipinski definition) is 7. The molecule has 8 nitrogen and oxygen atoms in total. The molecule has 1 aliphatic carbocycles. The van der Waals surface area contributed by atoms with Crippen molar-refractivity contribution in [2.75, 3.05) is 27.4 Å². The number of nitrogens with zero attached hydrogens (tertiary/aromatic N) is 2. The Bertz CT molecular complexity index is 912. The minimum absolute atomic E-state index is 0.163. The average molecular weight is 385 g/mol. The molecule has 3 atom stereocenters. The van der Waals surface area contributed by atoms with Crippen molar-refractivity contribution in [1.29, 1.82) is 10.5 Å². The van der Waals surface area contributed by atoms with Crippen LogP contribution < -0.4 is 20.2 Å². The Labute approximate surface area is 164 Å². The lowest BCUT2D eigenvalue weighted by atomic mass is 9.84. The minimum Gasteiger partial charge on any atom is -0.493 e. The summed E-state index contributed by atoms with van der Waals surface area (Å²) >= 11 is 0. The van der Waals surface area contributed by atoms with E-state index in [1.54, 1.807) is 33.1 Å². The topological polar surface area (TPSA) is 124 Å². The number of methoxy groups -OCH3 is 2. The average Bonchev–Trinajstić information content (AvgIpc) is 3.13. The van der Waals surface area contributed by atoms with Crippen molar-refractivity contribution in [2.24, 2.45) is 16.6 Å². The van der Waals surface area contributed by atoms with Gasteiger partial charge in [0, 0.05) is 0 Å². The highest BCUT2D eigenvalue weighted by molar-refractivity contribution is 5.97. The van der Waals surface area contributed by atoms with Gasteiger partial charge in [0.1, 0.15) is 0 Å². The van der Waals surface area contributed by atoms with Crippen LogP contribution in [0.5, 0.6) is 11.5 Å². The van der Waals surface area contributed by atoms with Crippen molar-refractivity contribution in [3.05, 3.63) is 23.8 Å². The molecule has 3 rings (SSSR count). The largest absolute Gasteiger partial charge is 0.493 e. The first kappa shape index (κ1) is 19.9. The third-order valence-electron chi connectivity index (χ3n) is 6.19. The number of ether oxygens (including phenoxy) is 4. The number of benzene rings is 1. The van der Waals surface area contributed by atoms with Crippen LogP contribution in [0, 0.1) is 33.5 Å². The van der Waals surface area contributed by atoms with Gasteiger partial charge in [0.2, 0.25) is 0 Å². The molecule has 0 spiro atoms. The summed E-state index contributed by atoms with van der Waals surface area (Å²) in [4.78, 5) is 2.98. The van der Waals surface area contributed by atoms with Gasteiger partial charge in [-0.1, -0.05) is 13.0 Å². The Morgan fingerprint density at radius 1 is 1.04 bits per heavy atom. The van der Waals surface area contributed by atoms with Crippen molar-refractivity contribution >= 4 is 5.84 Å². The van der Waals surface area contributed by atoms with Gasteiger partial charge >= 0.3 is 5.91 Å². The van der Waals surface area contributed by atoms with E-state index >= 15 is 0 Å². The van der Waals surface area contributed by atoms with Gasteiger partial charge in [0.25, 0.3) is 5.84 Å². The first-order chi connectivity index (χ1) is 13.4. The van der Waals surface area contributed by atoms with Crippen LogP contribution in [0.25, 0.3) is 0 Å². The number of fused-ring (bicyclic) bond motifs is 1. The Morgan fingerprint density at radius 3 is 2.11 bits per heavy atom. The van der Waals surface area contributed by atoms with E-state index in [0.29, 0.717) is 17.1 Å². The van der Waals surface area contributed by atoms with E-state index < -0.39 is 22.2 Å². The summed E-state index contributed by atoms with van der Waals surface area (Å²) < 4.78 is 22.6. The zero-order valence-corrected chi connectivity index (χ0v) is 16.8. The molecule has 28 heavy (non-hydrogen) atoms. The molecule has 1 heterocycles. The fraction of sp³-hybridized carbons (Fsp3) is 0.550. The van der Waals surface area contributed by atoms with E-state index in [0.717, 1.165) is 0 Å². The van der Waals surface area contributed by atoms with Crippen molar-refractivity contribution in [3.63, 3.8) is 0 Å². The van der Waals surface area contributed by atoms with E-state index in [4.69, 9.17) is 24.7 Å². The van der Waals surface area contributed by atoms with Gasteiger partial charge in [-0.25, -0.2) is 4.99 Å². The molecule has 0 radical (unpaired) electrons. The predicted molar refractivity (Wildman–Crippen MR) is 99.1 cm³/mol. The van der Waals surface area contributed by atoms with Crippen molar-refractivity contribution in [3.8, 4) is 23.6 Å². The van der Waals surface area contributed by atoms with Crippen LogP contribution in [0.2, 0.25) is 0 Å². The summed E-state index contributed by atoms with van der Waals surface area (Å²) in [6, 6.07) is 9.98. The number of hydrogen-bond donors (Lipinski definition) is 2. The monoisotopic (exact) mass is 385 g/mol. The lowest BCUT2D eigenvalue weighted by Crippen LogP contribution is -2.91. The second-order valence-corrected chi connectivity index (χ2v) is 6.94. The molecule has 1 aliphatic heterocycles. The molecule has 2 aliphatic rings. The van der Waals surface area contributed by atoms with Crippen molar-refractivity contribution in [2.45, 2.75) is 32.1 Å². The molecular weight excluding hydrogens is 360 g/mol. The lowest BCUT2D eigenvalue weighted by Gasteiger charge is -2.32. The zero-order valence-electron chi connectivity index (χ0n) is 16.8. The van der Waals surface area contributed by atoms with E-state index in [2.05, 4.69) is 17.1 Å². The second kappa shape index (κ2) is 6.37. The van der Waals surface area contributed by atoms with Crippen LogP contribution in [-0.4, -0.2) is 39.2 Å². The minimum atomic E-state index is -1.53. The molecule has 1 aromatic rings. The molecule has 0 saturated heterocycles. The van der Waals surface area contributed by atoms with Crippen LogP contribution in [-0.2, 0) is 14.9 Å². The first-order valence-corrected chi connectivity index (χ1v) is 9.10. The summed E-state index contributed by atoms with van der Waals surface area (Å²) in [5, 5.41) is 20.6. The van der Waals surface area contributed by atoms with Gasteiger partial charge in [0.15, 0.2) is 22.3 Å². The van der Waals surface area contributed by atoms with Crippen LogP contribution >= 0.6 is 0 Å². The number of nitrogens with two attached hydrogens (primary N) is 1. The van der Waals surface area contributed by atoms with E-state index in [1.165, 1.54) is 7.11 Å². The van der Waals surface area contributed by atoms with Crippen molar-refractivity contribution in [1.82, 2.24) is 0 Å². The van der Waals surface area contributed by atoms with E-state index in [1.807, 2.05) is 13.0 Å². The van der Waals surface area contributed by atoms with Crippen LogP contribution in [0.3, 0.4) is 0 Å². The fourth-order valence-corrected chi connectivity index (χ4v) is 4.97. The normalized spacial score (nSPS) is 31.9. The summed E-state index contributed by atoms with van der Waals surface area (Å²) in [7, 11) is 3.08. The molecule has 8 heteroatoms. The number of nitrogens with one attached hydrogen (secondary N) is 1. The lowest BCUT2D eigenvalue weighted by molar-refractivity contribution is -0.694. The van der Waals surface area contributed by atoms with Crippen LogP contribution in [0.1, 0.15) is 26.3 Å². The van der Waals surface area contributed by atoms with E-state index in [9.17, 15) is 10.5 Å². The molecule has 0 aromatic heterocycles. The molecule has 148 valence electrons. The Kier molecular flexibility index (Phi) is 4.54. The first-order valence-electron chi connectivity index (χ1n) is 9.10. The van der Waals surface area contributed by atoms with E-state index in [-0.39, 0.29) is 19.0 Å². The summed E-state index contributed by atoms with van der Waals surface area (Å²) in [5.74, 6) is -0.325. The summed E-state index contributed by atoms with van der Waals surface area (Å²) in [6.45, 7) is 5.97. The molecule has 0 unspecified atom stereocenters.